The summed E-state index contributed by atoms with van der Waals surface area (Å²) in [5, 5.41) is 0.366. The van der Waals surface area contributed by atoms with Crippen LogP contribution in [-0.4, -0.2) is 5.78 Å². The molecule has 0 fully saturated rings. The Morgan fingerprint density at radius 2 is 1.81 bits per heavy atom. The number of alkyl halides is 3. The highest BCUT2D eigenvalue weighted by molar-refractivity contribution is 9.10. The van der Waals surface area contributed by atoms with Gasteiger partial charge in [0.25, 0.3) is 0 Å². The molecule has 0 unspecified atom stereocenters. The van der Waals surface area contributed by atoms with Crippen LogP contribution in [0.4, 0.5) is 13.2 Å². The van der Waals surface area contributed by atoms with E-state index in [0.717, 1.165) is 12.1 Å². The van der Waals surface area contributed by atoms with Gasteiger partial charge in [-0.25, -0.2) is 0 Å². The number of halogens is 5. The highest BCUT2D eigenvalue weighted by Gasteiger charge is 2.31. The van der Waals surface area contributed by atoms with Gasteiger partial charge in [0.1, 0.15) is 0 Å². The van der Waals surface area contributed by atoms with E-state index in [1.165, 1.54) is 19.1 Å². The van der Waals surface area contributed by atoms with E-state index in [1.807, 2.05) is 0 Å². The largest absolute Gasteiger partial charge is 0.416 e. The Hall–Kier alpha value is -1.33. The lowest BCUT2D eigenvalue weighted by molar-refractivity contribution is -0.137. The third-order valence-corrected chi connectivity index (χ3v) is 4.21. The second-order valence-electron chi connectivity index (χ2n) is 4.49. The van der Waals surface area contributed by atoms with Gasteiger partial charge in [-0.15, -0.1) is 0 Å². The number of hydrogen-bond donors (Lipinski definition) is 0. The minimum atomic E-state index is -4.42. The normalized spacial score (nSPS) is 11.5. The summed E-state index contributed by atoms with van der Waals surface area (Å²) in [6.45, 7) is 1.48. The van der Waals surface area contributed by atoms with Gasteiger partial charge in [-0.1, -0.05) is 17.7 Å². The summed E-state index contributed by atoms with van der Waals surface area (Å²) in [5.74, 6) is -0.365. The number of ketones is 1. The number of carbonyl (C=O) groups excluding carboxylic acids is 1. The van der Waals surface area contributed by atoms with Crippen molar-refractivity contribution in [1.29, 1.82) is 0 Å². The smallest absolute Gasteiger partial charge is 0.289 e. The topological polar surface area (TPSA) is 17.1 Å². The van der Waals surface area contributed by atoms with Crippen LogP contribution in [0.5, 0.6) is 0 Å². The number of aryl methyl sites for hydroxylation is 1. The lowest BCUT2D eigenvalue weighted by atomic mass is 9.97. The lowest BCUT2D eigenvalue weighted by Crippen LogP contribution is -2.09. The fraction of sp³-hybridized carbons (Fsp3) is 0.133. The molecule has 21 heavy (non-hydrogen) atoms. The lowest BCUT2D eigenvalue weighted by Gasteiger charge is -2.11. The summed E-state index contributed by atoms with van der Waals surface area (Å²) in [4.78, 5) is 12.3. The molecule has 0 aliphatic heterocycles. The standard InChI is InChI=1S/C15H9BrClF3O/c1-8-6-10(15(18,19)20)3-4-11(8)14(21)9-2-5-12(16)13(17)7-9/h2-7H,1H3. The van der Waals surface area contributed by atoms with E-state index in [-0.39, 0.29) is 16.9 Å². The molecule has 0 atom stereocenters. The molecule has 0 amide bonds. The third-order valence-electron chi connectivity index (χ3n) is 2.98. The molecule has 0 radical (unpaired) electrons. The molecule has 110 valence electrons. The molecule has 6 heteroatoms. The molecule has 0 bridgehead atoms. The van der Waals surface area contributed by atoms with Crippen molar-refractivity contribution in [3.8, 4) is 0 Å². The summed E-state index contributed by atoms with van der Waals surface area (Å²) in [7, 11) is 0. The van der Waals surface area contributed by atoms with Gasteiger partial charge >= 0.3 is 6.18 Å². The van der Waals surface area contributed by atoms with Gasteiger partial charge in [0.2, 0.25) is 0 Å². The minimum Gasteiger partial charge on any atom is -0.289 e. The van der Waals surface area contributed by atoms with Crippen molar-refractivity contribution in [1.82, 2.24) is 0 Å². The molecule has 0 spiro atoms. The van der Waals surface area contributed by atoms with Crippen LogP contribution in [0.2, 0.25) is 5.02 Å². The number of carbonyl (C=O) groups is 1. The van der Waals surface area contributed by atoms with Crippen molar-refractivity contribution in [3.05, 3.63) is 68.1 Å². The molecule has 0 aromatic heterocycles. The maximum absolute atomic E-state index is 12.6. The quantitative estimate of drug-likeness (QED) is 0.617. The van der Waals surface area contributed by atoms with Gasteiger partial charge in [0.05, 0.1) is 10.6 Å². The zero-order chi connectivity index (χ0) is 15.8. The van der Waals surface area contributed by atoms with Crippen molar-refractivity contribution in [2.24, 2.45) is 0 Å². The Bertz CT molecular complexity index is 711. The number of hydrogen-bond acceptors (Lipinski definition) is 1. The summed E-state index contributed by atoms with van der Waals surface area (Å²) in [6, 6.07) is 7.72. The average molecular weight is 378 g/mol. The molecule has 0 aliphatic carbocycles. The maximum Gasteiger partial charge on any atom is 0.416 e. The highest BCUT2D eigenvalue weighted by atomic mass is 79.9. The summed E-state index contributed by atoms with van der Waals surface area (Å²) in [6.07, 6.45) is -4.42. The van der Waals surface area contributed by atoms with Gasteiger partial charge in [-0.3, -0.25) is 4.79 Å². The summed E-state index contributed by atoms with van der Waals surface area (Å²) < 4.78 is 38.5. The molecule has 0 aliphatic rings. The molecule has 0 saturated heterocycles. The predicted octanol–water partition coefficient (Wildman–Crippen LogP) is 5.66. The zero-order valence-electron chi connectivity index (χ0n) is 10.8. The monoisotopic (exact) mass is 376 g/mol. The first-order chi connectivity index (χ1) is 9.70. The Morgan fingerprint density at radius 3 is 2.33 bits per heavy atom. The van der Waals surface area contributed by atoms with Crippen LogP contribution in [0.15, 0.2) is 40.9 Å². The fourth-order valence-electron chi connectivity index (χ4n) is 1.89. The Labute approximate surface area is 132 Å². The van der Waals surface area contributed by atoms with Crippen molar-refractivity contribution < 1.29 is 18.0 Å². The molecule has 0 saturated carbocycles. The van der Waals surface area contributed by atoms with Crippen LogP contribution < -0.4 is 0 Å². The maximum atomic E-state index is 12.6. The van der Waals surface area contributed by atoms with Crippen molar-refractivity contribution in [3.63, 3.8) is 0 Å². The van der Waals surface area contributed by atoms with Gasteiger partial charge in [-0.05, 0) is 58.7 Å². The van der Waals surface area contributed by atoms with Crippen LogP contribution in [0.1, 0.15) is 27.0 Å². The van der Waals surface area contributed by atoms with Crippen molar-refractivity contribution in [2.75, 3.05) is 0 Å². The molecular formula is C15H9BrClF3O. The molecule has 2 aromatic rings. The van der Waals surface area contributed by atoms with Crippen molar-refractivity contribution in [2.45, 2.75) is 13.1 Å². The van der Waals surface area contributed by atoms with E-state index >= 15 is 0 Å². The Morgan fingerprint density at radius 1 is 1.14 bits per heavy atom. The van der Waals surface area contributed by atoms with Gasteiger partial charge in [0, 0.05) is 15.6 Å². The van der Waals surface area contributed by atoms with E-state index in [0.29, 0.717) is 15.1 Å². The average Bonchev–Trinajstić information content (AvgIpc) is 2.40. The van der Waals surface area contributed by atoms with E-state index in [4.69, 9.17) is 11.6 Å². The molecule has 2 rings (SSSR count). The summed E-state index contributed by atoms with van der Waals surface area (Å²) in [5.41, 5.74) is 0.0479. The van der Waals surface area contributed by atoms with Crippen LogP contribution in [0, 0.1) is 6.92 Å². The third kappa shape index (κ3) is 3.47. The van der Waals surface area contributed by atoms with E-state index in [9.17, 15) is 18.0 Å². The summed E-state index contributed by atoms with van der Waals surface area (Å²) >= 11 is 9.13. The van der Waals surface area contributed by atoms with Crippen LogP contribution in [-0.2, 0) is 6.18 Å². The fourth-order valence-corrected chi connectivity index (χ4v) is 2.31. The first-order valence-corrected chi connectivity index (χ1v) is 7.05. The molecule has 0 N–H and O–H groups in total. The first kappa shape index (κ1) is 16.0. The van der Waals surface area contributed by atoms with Crippen molar-refractivity contribution >= 4 is 33.3 Å². The minimum absolute atomic E-state index is 0.224. The first-order valence-electron chi connectivity index (χ1n) is 5.88. The van der Waals surface area contributed by atoms with E-state index < -0.39 is 11.7 Å². The van der Waals surface area contributed by atoms with E-state index in [2.05, 4.69) is 15.9 Å². The zero-order valence-corrected chi connectivity index (χ0v) is 13.1. The second kappa shape index (κ2) is 5.81. The SMILES string of the molecule is Cc1cc(C(F)(F)F)ccc1C(=O)c1ccc(Br)c(Cl)c1. The molecule has 0 heterocycles. The predicted molar refractivity (Wildman–Crippen MR) is 78.8 cm³/mol. The molecule has 1 nitrogen and oxygen atoms in total. The van der Waals surface area contributed by atoms with Crippen LogP contribution >= 0.6 is 27.5 Å². The number of rotatable bonds is 2. The second-order valence-corrected chi connectivity index (χ2v) is 5.75. The van der Waals surface area contributed by atoms with Crippen LogP contribution in [0.3, 0.4) is 0 Å². The van der Waals surface area contributed by atoms with Gasteiger partial charge < -0.3 is 0 Å². The highest BCUT2D eigenvalue weighted by Crippen LogP contribution is 2.31. The number of benzene rings is 2. The molecular weight excluding hydrogens is 369 g/mol. The van der Waals surface area contributed by atoms with Gasteiger partial charge in [0.15, 0.2) is 5.78 Å². The van der Waals surface area contributed by atoms with Crippen LogP contribution in [0.25, 0.3) is 0 Å². The molecule has 2 aromatic carbocycles. The Kier molecular flexibility index (Phi) is 4.44. The van der Waals surface area contributed by atoms with E-state index in [1.54, 1.807) is 12.1 Å². The Balaban J connectivity index is 2.42. The van der Waals surface area contributed by atoms with Gasteiger partial charge in [-0.2, -0.15) is 13.2 Å².